The first-order valence-corrected chi connectivity index (χ1v) is 5.72. The topological polar surface area (TPSA) is 38.7 Å². The third kappa shape index (κ3) is 2.06. The lowest BCUT2D eigenvalue weighted by atomic mass is 10.0. The van der Waals surface area contributed by atoms with E-state index in [9.17, 15) is 9.18 Å². The number of hydrogen-bond donors (Lipinski definition) is 0. The number of carbonyl (C=O) groups excluding carboxylic acids is 1. The number of ether oxygens (including phenoxy) is 1. The second kappa shape index (κ2) is 4.47. The van der Waals surface area contributed by atoms with Crippen LogP contribution in [0.4, 0.5) is 4.39 Å². The SMILES string of the molecule is CCOc1ccc(F)c(C2(N=C=O)CC2)c1Cl. The van der Waals surface area contributed by atoms with Crippen LogP contribution < -0.4 is 4.74 Å². The molecule has 1 saturated carbocycles. The summed E-state index contributed by atoms with van der Waals surface area (Å²) in [5.74, 6) is -0.0482. The van der Waals surface area contributed by atoms with Crippen molar-refractivity contribution in [2.75, 3.05) is 6.61 Å². The Morgan fingerprint density at radius 2 is 2.29 bits per heavy atom. The highest BCUT2D eigenvalue weighted by atomic mass is 35.5. The molecular weight excluding hydrogens is 245 g/mol. The molecule has 0 heterocycles. The van der Waals surface area contributed by atoms with E-state index >= 15 is 0 Å². The molecule has 2 rings (SSSR count). The number of nitrogens with zero attached hydrogens (tertiary/aromatic N) is 1. The Bertz CT molecular complexity index is 494. The van der Waals surface area contributed by atoms with E-state index in [0.717, 1.165) is 0 Å². The molecule has 0 aliphatic heterocycles. The molecule has 0 amide bonds. The molecule has 0 radical (unpaired) electrons. The van der Waals surface area contributed by atoms with Crippen LogP contribution in [0.15, 0.2) is 17.1 Å². The summed E-state index contributed by atoms with van der Waals surface area (Å²) < 4.78 is 19.1. The minimum Gasteiger partial charge on any atom is -0.492 e. The monoisotopic (exact) mass is 255 g/mol. The van der Waals surface area contributed by atoms with Crippen molar-refractivity contribution >= 4 is 17.7 Å². The molecular formula is C12H11ClFNO2. The maximum Gasteiger partial charge on any atom is 0.235 e. The zero-order valence-electron chi connectivity index (χ0n) is 9.30. The molecule has 0 atom stereocenters. The molecule has 1 aliphatic rings. The van der Waals surface area contributed by atoms with Crippen molar-refractivity contribution in [3.8, 4) is 5.75 Å². The average Bonchev–Trinajstić information content (AvgIpc) is 3.04. The molecule has 17 heavy (non-hydrogen) atoms. The molecule has 1 aliphatic carbocycles. The Balaban J connectivity index is 2.53. The summed E-state index contributed by atoms with van der Waals surface area (Å²) in [4.78, 5) is 14.1. The molecule has 0 bridgehead atoms. The summed E-state index contributed by atoms with van der Waals surface area (Å²) >= 11 is 6.10. The zero-order chi connectivity index (χ0) is 12.5. The van der Waals surface area contributed by atoms with Gasteiger partial charge in [-0.1, -0.05) is 11.6 Å². The van der Waals surface area contributed by atoms with Crippen LogP contribution in [-0.4, -0.2) is 12.7 Å². The molecule has 1 aromatic rings. The van der Waals surface area contributed by atoms with E-state index in [1.165, 1.54) is 18.2 Å². The average molecular weight is 256 g/mol. The summed E-state index contributed by atoms with van der Waals surface area (Å²) in [5, 5.41) is 0.198. The van der Waals surface area contributed by atoms with Crippen molar-refractivity contribution in [3.05, 3.63) is 28.5 Å². The quantitative estimate of drug-likeness (QED) is 0.612. The lowest BCUT2D eigenvalue weighted by molar-refractivity contribution is 0.339. The highest BCUT2D eigenvalue weighted by molar-refractivity contribution is 6.33. The van der Waals surface area contributed by atoms with Crippen LogP contribution in [0.5, 0.6) is 5.75 Å². The normalized spacial score (nSPS) is 16.2. The Hall–Kier alpha value is -1.38. The number of halogens is 2. The smallest absolute Gasteiger partial charge is 0.235 e. The van der Waals surface area contributed by atoms with E-state index in [2.05, 4.69) is 4.99 Å². The first-order chi connectivity index (χ1) is 8.14. The summed E-state index contributed by atoms with van der Waals surface area (Å²) in [6.45, 7) is 2.25. The molecule has 3 nitrogen and oxygen atoms in total. The fourth-order valence-electron chi connectivity index (χ4n) is 1.85. The minimum atomic E-state index is -0.823. The number of aliphatic imine (C=N–C) groups is 1. The van der Waals surface area contributed by atoms with Crippen molar-refractivity contribution in [1.82, 2.24) is 0 Å². The van der Waals surface area contributed by atoms with Gasteiger partial charge in [0.05, 0.1) is 11.6 Å². The van der Waals surface area contributed by atoms with Gasteiger partial charge in [0.1, 0.15) is 17.1 Å². The molecule has 5 heteroatoms. The maximum absolute atomic E-state index is 13.8. The van der Waals surface area contributed by atoms with Gasteiger partial charge in [-0.2, -0.15) is 4.99 Å². The van der Waals surface area contributed by atoms with Gasteiger partial charge >= 0.3 is 0 Å². The minimum absolute atomic E-state index is 0.198. The van der Waals surface area contributed by atoms with Gasteiger partial charge in [0.15, 0.2) is 0 Å². The Morgan fingerprint density at radius 1 is 1.59 bits per heavy atom. The van der Waals surface area contributed by atoms with Gasteiger partial charge in [-0.25, -0.2) is 9.18 Å². The number of benzene rings is 1. The lowest BCUT2D eigenvalue weighted by Gasteiger charge is -2.15. The van der Waals surface area contributed by atoms with Gasteiger partial charge in [0.2, 0.25) is 6.08 Å². The molecule has 0 aromatic heterocycles. The van der Waals surface area contributed by atoms with Crippen LogP contribution in [0, 0.1) is 5.82 Å². The van der Waals surface area contributed by atoms with Crippen molar-refractivity contribution in [3.63, 3.8) is 0 Å². The first kappa shape index (κ1) is 12.1. The van der Waals surface area contributed by atoms with Gasteiger partial charge in [-0.05, 0) is 31.9 Å². The predicted octanol–water partition coefficient (Wildman–Crippen LogP) is 3.20. The van der Waals surface area contributed by atoms with Gasteiger partial charge in [0, 0.05) is 5.56 Å². The fourth-order valence-corrected chi connectivity index (χ4v) is 2.23. The number of hydrogen-bond acceptors (Lipinski definition) is 3. The molecule has 1 aromatic carbocycles. The summed E-state index contributed by atoms with van der Waals surface area (Å²) in [6, 6.07) is 2.76. The number of isocyanates is 1. The van der Waals surface area contributed by atoms with E-state index < -0.39 is 11.4 Å². The van der Waals surface area contributed by atoms with Crippen molar-refractivity contribution in [2.24, 2.45) is 4.99 Å². The number of rotatable bonds is 4. The van der Waals surface area contributed by atoms with E-state index in [-0.39, 0.29) is 10.6 Å². The van der Waals surface area contributed by atoms with Crippen molar-refractivity contribution in [2.45, 2.75) is 25.3 Å². The van der Waals surface area contributed by atoms with Gasteiger partial charge in [0.25, 0.3) is 0 Å². The van der Waals surface area contributed by atoms with Crippen molar-refractivity contribution in [1.29, 1.82) is 0 Å². The molecule has 0 unspecified atom stereocenters. The van der Waals surface area contributed by atoms with Crippen molar-refractivity contribution < 1.29 is 13.9 Å². The highest BCUT2D eigenvalue weighted by Crippen LogP contribution is 2.53. The van der Waals surface area contributed by atoms with E-state index in [1.807, 2.05) is 6.92 Å². The fraction of sp³-hybridized carbons (Fsp3) is 0.417. The van der Waals surface area contributed by atoms with Crippen LogP contribution in [0.3, 0.4) is 0 Å². The predicted molar refractivity (Wildman–Crippen MR) is 61.6 cm³/mol. The lowest BCUT2D eigenvalue weighted by Crippen LogP contribution is -2.08. The summed E-state index contributed by atoms with van der Waals surface area (Å²) in [5.41, 5.74) is -0.579. The molecule has 90 valence electrons. The summed E-state index contributed by atoms with van der Waals surface area (Å²) in [6.07, 6.45) is 2.69. The first-order valence-electron chi connectivity index (χ1n) is 5.35. The van der Waals surface area contributed by atoms with Crippen LogP contribution in [0.25, 0.3) is 0 Å². The standard InChI is InChI=1S/C12H11ClFNO2/c1-2-17-9-4-3-8(14)10(11(9)13)12(5-6-12)15-7-16/h3-4H,2,5-6H2,1H3. The zero-order valence-corrected chi connectivity index (χ0v) is 10.1. The molecule has 1 fully saturated rings. The Labute approximate surface area is 103 Å². The molecule has 0 N–H and O–H groups in total. The highest BCUT2D eigenvalue weighted by Gasteiger charge is 2.48. The second-order valence-corrected chi connectivity index (χ2v) is 4.28. The maximum atomic E-state index is 13.8. The largest absolute Gasteiger partial charge is 0.492 e. The van der Waals surface area contributed by atoms with Gasteiger partial charge in [-0.3, -0.25) is 0 Å². The summed E-state index contributed by atoms with van der Waals surface area (Å²) in [7, 11) is 0. The van der Waals surface area contributed by atoms with Crippen LogP contribution in [0.2, 0.25) is 5.02 Å². The second-order valence-electron chi connectivity index (χ2n) is 3.90. The molecule has 0 saturated heterocycles. The Morgan fingerprint density at radius 3 is 2.82 bits per heavy atom. The Kier molecular flexibility index (Phi) is 3.18. The van der Waals surface area contributed by atoms with Crippen LogP contribution in [-0.2, 0) is 10.3 Å². The third-order valence-corrected chi connectivity index (χ3v) is 3.18. The van der Waals surface area contributed by atoms with Crippen LogP contribution >= 0.6 is 11.6 Å². The van der Waals surface area contributed by atoms with E-state index in [1.54, 1.807) is 0 Å². The third-order valence-electron chi connectivity index (χ3n) is 2.80. The van der Waals surface area contributed by atoms with E-state index in [4.69, 9.17) is 16.3 Å². The van der Waals surface area contributed by atoms with E-state index in [0.29, 0.717) is 25.2 Å². The van der Waals surface area contributed by atoms with Gasteiger partial charge in [-0.15, -0.1) is 0 Å². The van der Waals surface area contributed by atoms with Crippen LogP contribution in [0.1, 0.15) is 25.3 Å². The van der Waals surface area contributed by atoms with Gasteiger partial charge < -0.3 is 4.74 Å². The molecule has 0 spiro atoms.